The topological polar surface area (TPSA) is 17.1 Å². The number of carbonyl (C=O) groups is 1. The van der Waals surface area contributed by atoms with Gasteiger partial charge in [-0.25, -0.2) is 0 Å². The van der Waals surface area contributed by atoms with Crippen LogP contribution >= 0.6 is 0 Å². The smallest absolute Gasteiger partial charge is 0.119 e. The summed E-state index contributed by atoms with van der Waals surface area (Å²) in [6, 6.07) is 0. The van der Waals surface area contributed by atoms with Crippen molar-refractivity contribution in [3.05, 3.63) is 23.8 Å². The maximum absolute atomic E-state index is 10.1. The minimum absolute atomic E-state index is 0.733. The monoisotopic (exact) mass is 176 g/mol. The fraction of sp³-hybridized carbons (Fsp3) is 0.583. The molecule has 1 nitrogen and oxygen atoms in total. The van der Waals surface area contributed by atoms with Crippen molar-refractivity contribution in [2.45, 2.75) is 32.1 Å². The van der Waals surface area contributed by atoms with Gasteiger partial charge < -0.3 is 4.79 Å². The summed E-state index contributed by atoms with van der Waals surface area (Å²) in [5.74, 6) is 1.49. The zero-order valence-electron chi connectivity index (χ0n) is 7.91. The number of fused-ring (bicyclic) bond motifs is 2. The molecule has 2 aliphatic rings. The zero-order chi connectivity index (χ0) is 9.10. The second kappa shape index (κ2) is 3.91. The van der Waals surface area contributed by atoms with Crippen LogP contribution < -0.4 is 0 Å². The first kappa shape index (κ1) is 8.74. The SMILES string of the molecule is O=CCCCCC1=CC2C=CC1C2. The van der Waals surface area contributed by atoms with Crippen molar-refractivity contribution in [1.82, 2.24) is 0 Å². The fourth-order valence-corrected chi connectivity index (χ4v) is 2.35. The molecule has 0 amide bonds. The largest absolute Gasteiger partial charge is 0.303 e. The van der Waals surface area contributed by atoms with Gasteiger partial charge in [0.2, 0.25) is 0 Å². The Morgan fingerprint density at radius 2 is 2.31 bits per heavy atom. The molecule has 1 heteroatoms. The third kappa shape index (κ3) is 1.90. The number of aldehydes is 1. The molecule has 0 N–H and O–H groups in total. The van der Waals surface area contributed by atoms with Crippen molar-refractivity contribution < 1.29 is 4.79 Å². The molecule has 2 aliphatic carbocycles. The molecule has 0 saturated heterocycles. The van der Waals surface area contributed by atoms with E-state index in [9.17, 15) is 4.79 Å². The summed E-state index contributed by atoms with van der Waals surface area (Å²) in [4.78, 5) is 10.1. The standard InChI is InChI=1S/C12H16O/c13-7-3-1-2-4-11-8-10-5-6-12(11)9-10/h5-8,10,12H,1-4,9H2. The van der Waals surface area contributed by atoms with Crippen LogP contribution in [-0.2, 0) is 4.79 Å². The highest BCUT2D eigenvalue weighted by Crippen LogP contribution is 2.40. The molecule has 0 aliphatic heterocycles. The summed E-state index contributed by atoms with van der Waals surface area (Å²) in [7, 11) is 0. The molecular weight excluding hydrogens is 160 g/mol. The van der Waals surface area contributed by atoms with E-state index < -0.39 is 0 Å². The Morgan fingerprint density at radius 1 is 1.38 bits per heavy atom. The van der Waals surface area contributed by atoms with Gasteiger partial charge >= 0.3 is 0 Å². The van der Waals surface area contributed by atoms with E-state index >= 15 is 0 Å². The number of allylic oxidation sites excluding steroid dienone is 4. The molecule has 0 heterocycles. The first-order chi connectivity index (χ1) is 6.40. The second-order valence-electron chi connectivity index (χ2n) is 4.04. The Bertz CT molecular complexity index is 250. The van der Waals surface area contributed by atoms with Gasteiger partial charge in [-0.15, -0.1) is 0 Å². The zero-order valence-corrected chi connectivity index (χ0v) is 7.91. The van der Waals surface area contributed by atoms with Crippen LogP contribution in [-0.4, -0.2) is 6.29 Å². The van der Waals surface area contributed by atoms with Crippen molar-refractivity contribution in [2.24, 2.45) is 11.8 Å². The second-order valence-corrected chi connectivity index (χ2v) is 4.04. The summed E-state index contributed by atoms with van der Waals surface area (Å²) in [5, 5.41) is 0. The van der Waals surface area contributed by atoms with Gasteiger partial charge in [-0.2, -0.15) is 0 Å². The van der Waals surface area contributed by atoms with Crippen LogP contribution in [0.2, 0.25) is 0 Å². The molecule has 13 heavy (non-hydrogen) atoms. The van der Waals surface area contributed by atoms with Crippen molar-refractivity contribution in [3.63, 3.8) is 0 Å². The van der Waals surface area contributed by atoms with Gasteiger partial charge in [0.25, 0.3) is 0 Å². The number of unbranched alkanes of at least 4 members (excludes halogenated alkanes) is 2. The Kier molecular flexibility index (Phi) is 2.62. The average molecular weight is 176 g/mol. The highest BCUT2D eigenvalue weighted by atomic mass is 16.1. The van der Waals surface area contributed by atoms with Crippen LogP contribution in [0, 0.1) is 11.8 Å². The van der Waals surface area contributed by atoms with Gasteiger partial charge in [0.05, 0.1) is 0 Å². The maximum Gasteiger partial charge on any atom is 0.119 e. The predicted octanol–water partition coefficient (Wildman–Crippen LogP) is 2.88. The minimum atomic E-state index is 0.733. The minimum Gasteiger partial charge on any atom is -0.303 e. The van der Waals surface area contributed by atoms with Crippen LogP contribution in [0.4, 0.5) is 0 Å². The van der Waals surface area contributed by atoms with Crippen molar-refractivity contribution in [1.29, 1.82) is 0 Å². The van der Waals surface area contributed by atoms with E-state index in [0.29, 0.717) is 0 Å². The lowest BCUT2D eigenvalue weighted by Gasteiger charge is -2.08. The van der Waals surface area contributed by atoms with Gasteiger partial charge in [-0.1, -0.05) is 23.8 Å². The van der Waals surface area contributed by atoms with Crippen molar-refractivity contribution in [2.75, 3.05) is 0 Å². The molecule has 0 aromatic carbocycles. The van der Waals surface area contributed by atoms with Gasteiger partial charge in [0, 0.05) is 6.42 Å². The molecule has 0 aromatic heterocycles. The van der Waals surface area contributed by atoms with Crippen molar-refractivity contribution in [3.8, 4) is 0 Å². The van der Waals surface area contributed by atoms with E-state index in [-0.39, 0.29) is 0 Å². The van der Waals surface area contributed by atoms with Gasteiger partial charge in [0.15, 0.2) is 0 Å². The van der Waals surface area contributed by atoms with Crippen LogP contribution in [0.5, 0.6) is 0 Å². The van der Waals surface area contributed by atoms with Crippen molar-refractivity contribution >= 4 is 6.29 Å². The average Bonchev–Trinajstić information content (AvgIpc) is 2.73. The molecular formula is C12H16O. The Hall–Kier alpha value is -0.850. The summed E-state index contributed by atoms with van der Waals surface area (Å²) in [6.45, 7) is 0. The molecule has 0 aromatic rings. The number of hydrogen-bond acceptors (Lipinski definition) is 1. The molecule has 2 rings (SSSR count). The van der Waals surface area contributed by atoms with E-state index in [4.69, 9.17) is 0 Å². The van der Waals surface area contributed by atoms with Crippen LogP contribution in [0.25, 0.3) is 0 Å². The third-order valence-corrected chi connectivity index (χ3v) is 3.06. The lowest BCUT2D eigenvalue weighted by Crippen LogP contribution is -1.93. The first-order valence-electron chi connectivity index (χ1n) is 5.22. The Balaban J connectivity index is 1.72. The van der Waals surface area contributed by atoms with E-state index in [2.05, 4.69) is 18.2 Å². The maximum atomic E-state index is 10.1. The number of hydrogen-bond donors (Lipinski definition) is 0. The van der Waals surface area contributed by atoms with E-state index in [1.165, 1.54) is 19.3 Å². The van der Waals surface area contributed by atoms with Gasteiger partial charge in [-0.05, 0) is 37.5 Å². The normalized spacial score (nSPS) is 29.4. The Labute approximate surface area is 79.5 Å². The van der Waals surface area contributed by atoms with E-state index in [0.717, 1.165) is 31.0 Å². The summed E-state index contributed by atoms with van der Waals surface area (Å²) in [5.41, 5.74) is 1.62. The highest BCUT2D eigenvalue weighted by Gasteiger charge is 2.26. The van der Waals surface area contributed by atoms with Gasteiger partial charge in [-0.3, -0.25) is 0 Å². The third-order valence-electron chi connectivity index (χ3n) is 3.06. The summed E-state index contributed by atoms with van der Waals surface area (Å²) < 4.78 is 0. The quantitative estimate of drug-likeness (QED) is 0.357. The predicted molar refractivity (Wildman–Crippen MR) is 53.4 cm³/mol. The molecule has 0 radical (unpaired) electrons. The Morgan fingerprint density at radius 3 is 2.92 bits per heavy atom. The van der Waals surface area contributed by atoms with Crippen LogP contribution in [0.15, 0.2) is 23.8 Å². The van der Waals surface area contributed by atoms with Crippen LogP contribution in [0.3, 0.4) is 0 Å². The fourth-order valence-electron chi connectivity index (χ4n) is 2.35. The molecule has 2 atom stereocenters. The molecule has 2 bridgehead atoms. The molecule has 0 saturated carbocycles. The molecule has 0 fully saturated rings. The van der Waals surface area contributed by atoms with Gasteiger partial charge in [0.1, 0.15) is 6.29 Å². The molecule has 70 valence electrons. The number of rotatable bonds is 5. The van der Waals surface area contributed by atoms with E-state index in [1.807, 2.05) is 0 Å². The van der Waals surface area contributed by atoms with E-state index in [1.54, 1.807) is 5.57 Å². The highest BCUT2D eigenvalue weighted by molar-refractivity contribution is 5.48. The first-order valence-corrected chi connectivity index (χ1v) is 5.22. The lowest BCUT2D eigenvalue weighted by atomic mass is 9.97. The molecule has 0 spiro atoms. The van der Waals surface area contributed by atoms with Crippen LogP contribution in [0.1, 0.15) is 32.1 Å². The molecule has 2 unspecified atom stereocenters. The lowest BCUT2D eigenvalue weighted by molar-refractivity contribution is -0.107. The summed E-state index contributed by atoms with van der Waals surface area (Å²) in [6.07, 6.45) is 13.6. The number of carbonyl (C=O) groups excluding carboxylic acids is 1. The summed E-state index contributed by atoms with van der Waals surface area (Å²) >= 11 is 0.